The van der Waals surface area contributed by atoms with E-state index in [-0.39, 0.29) is 24.5 Å². The van der Waals surface area contributed by atoms with Crippen molar-refractivity contribution in [1.82, 2.24) is 5.32 Å². The Balaban J connectivity index is 1.68. The molecule has 3 aromatic rings. The van der Waals surface area contributed by atoms with E-state index in [2.05, 4.69) is 10.1 Å². The fraction of sp³-hybridized carbons (Fsp3) is 0.304. The Morgan fingerprint density at radius 1 is 1.16 bits per heavy atom. The molecule has 8 heteroatoms. The van der Waals surface area contributed by atoms with E-state index in [1.807, 2.05) is 13.0 Å². The minimum atomic E-state index is -2.92. The van der Waals surface area contributed by atoms with Gasteiger partial charge in [0.2, 0.25) is 5.91 Å². The molecule has 1 N–H and O–H groups in total. The second-order valence-electron chi connectivity index (χ2n) is 7.10. The van der Waals surface area contributed by atoms with Crippen LogP contribution < -0.4 is 20.4 Å². The number of methoxy groups -OCH3 is 1. The second-order valence-corrected chi connectivity index (χ2v) is 7.10. The van der Waals surface area contributed by atoms with Gasteiger partial charge in [-0.1, -0.05) is 12.1 Å². The third kappa shape index (κ3) is 5.39. The molecule has 1 amide bonds. The van der Waals surface area contributed by atoms with Gasteiger partial charge in [0.1, 0.15) is 17.1 Å². The number of amides is 1. The van der Waals surface area contributed by atoms with Gasteiger partial charge in [0, 0.05) is 23.4 Å². The van der Waals surface area contributed by atoms with Crippen LogP contribution in [0, 0.1) is 6.92 Å². The van der Waals surface area contributed by atoms with Gasteiger partial charge < -0.3 is 19.2 Å². The summed E-state index contributed by atoms with van der Waals surface area (Å²) in [7, 11) is 1.53. The molecule has 0 aliphatic carbocycles. The first-order valence-corrected chi connectivity index (χ1v) is 9.73. The largest absolute Gasteiger partial charge is 0.497 e. The lowest BCUT2D eigenvalue weighted by Gasteiger charge is -2.16. The zero-order chi connectivity index (χ0) is 22.5. The van der Waals surface area contributed by atoms with Crippen LogP contribution in [0.15, 0.2) is 51.7 Å². The third-order valence-corrected chi connectivity index (χ3v) is 5.06. The number of rotatable bonds is 8. The average Bonchev–Trinajstić information content (AvgIpc) is 2.72. The molecule has 164 valence electrons. The molecule has 31 heavy (non-hydrogen) atoms. The van der Waals surface area contributed by atoms with E-state index >= 15 is 0 Å². The van der Waals surface area contributed by atoms with Crippen molar-refractivity contribution >= 4 is 16.9 Å². The van der Waals surface area contributed by atoms with Crippen molar-refractivity contribution in [3.8, 4) is 11.5 Å². The van der Waals surface area contributed by atoms with Crippen LogP contribution in [0.4, 0.5) is 8.78 Å². The fourth-order valence-electron chi connectivity index (χ4n) is 3.39. The predicted molar refractivity (Wildman–Crippen MR) is 112 cm³/mol. The van der Waals surface area contributed by atoms with Crippen molar-refractivity contribution in [2.45, 2.75) is 39.3 Å². The first kappa shape index (κ1) is 22.3. The minimum Gasteiger partial charge on any atom is -0.497 e. The maximum absolute atomic E-state index is 12.4. The predicted octanol–water partition coefficient (Wildman–Crippen LogP) is 4.52. The summed E-state index contributed by atoms with van der Waals surface area (Å²) < 4.78 is 39.7. The molecule has 0 aliphatic heterocycles. The molecular weight excluding hydrogens is 408 g/mol. The first-order chi connectivity index (χ1) is 14.8. The molecule has 1 unspecified atom stereocenters. The number of nitrogens with one attached hydrogen (secondary N) is 1. The Bertz CT molecular complexity index is 1140. The Morgan fingerprint density at radius 3 is 2.65 bits per heavy atom. The SMILES string of the molecule is COc1ccc2c(C)c(CCC(=O)NC(C)c3cccc(OC(F)F)c3)c(=O)oc2c1. The highest BCUT2D eigenvalue weighted by molar-refractivity contribution is 5.82. The van der Waals surface area contributed by atoms with Gasteiger partial charge >= 0.3 is 12.2 Å². The summed E-state index contributed by atoms with van der Waals surface area (Å²) in [6, 6.07) is 11.0. The zero-order valence-electron chi connectivity index (χ0n) is 17.4. The van der Waals surface area contributed by atoms with Gasteiger partial charge in [-0.25, -0.2) is 4.79 Å². The maximum atomic E-state index is 12.4. The van der Waals surface area contributed by atoms with Gasteiger partial charge in [0.15, 0.2) is 0 Å². The normalized spacial score (nSPS) is 12.1. The molecule has 2 aromatic carbocycles. The quantitative estimate of drug-likeness (QED) is 0.531. The van der Waals surface area contributed by atoms with Crippen LogP contribution in [0.3, 0.4) is 0 Å². The molecular formula is C23H23F2NO5. The minimum absolute atomic E-state index is 0.0228. The van der Waals surface area contributed by atoms with Crippen LogP contribution in [-0.2, 0) is 11.2 Å². The molecule has 0 fully saturated rings. The fourth-order valence-corrected chi connectivity index (χ4v) is 3.39. The van der Waals surface area contributed by atoms with Crippen molar-refractivity contribution in [3.05, 3.63) is 69.6 Å². The Kier molecular flexibility index (Phi) is 6.89. The number of carbonyl (C=O) groups is 1. The van der Waals surface area contributed by atoms with Crippen LogP contribution in [-0.4, -0.2) is 19.6 Å². The molecule has 0 saturated heterocycles. The lowest BCUT2D eigenvalue weighted by Crippen LogP contribution is -2.27. The topological polar surface area (TPSA) is 77.8 Å². The first-order valence-electron chi connectivity index (χ1n) is 9.73. The zero-order valence-corrected chi connectivity index (χ0v) is 17.4. The summed E-state index contributed by atoms with van der Waals surface area (Å²) >= 11 is 0. The number of ether oxygens (including phenoxy) is 2. The number of hydrogen-bond acceptors (Lipinski definition) is 5. The molecule has 0 saturated carbocycles. The number of carbonyl (C=O) groups excluding carboxylic acids is 1. The highest BCUT2D eigenvalue weighted by atomic mass is 19.3. The molecule has 0 aliphatic rings. The Hall–Kier alpha value is -3.42. The monoisotopic (exact) mass is 431 g/mol. The lowest BCUT2D eigenvalue weighted by molar-refractivity contribution is -0.121. The molecule has 0 bridgehead atoms. The van der Waals surface area contributed by atoms with Crippen molar-refractivity contribution in [3.63, 3.8) is 0 Å². The molecule has 0 spiro atoms. The molecule has 1 heterocycles. The van der Waals surface area contributed by atoms with E-state index in [1.165, 1.54) is 19.2 Å². The van der Waals surface area contributed by atoms with E-state index in [4.69, 9.17) is 9.15 Å². The van der Waals surface area contributed by atoms with Crippen molar-refractivity contribution < 1.29 is 27.5 Å². The number of hydrogen-bond donors (Lipinski definition) is 1. The molecule has 3 rings (SSSR count). The third-order valence-electron chi connectivity index (χ3n) is 5.06. The average molecular weight is 431 g/mol. The van der Waals surface area contributed by atoms with E-state index < -0.39 is 18.3 Å². The Labute approximate surface area is 177 Å². The Morgan fingerprint density at radius 2 is 1.94 bits per heavy atom. The van der Waals surface area contributed by atoms with Gasteiger partial charge in [-0.05, 0) is 55.7 Å². The summed E-state index contributed by atoms with van der Waals surface area (Å²) in [6.07, 6.45) is 0.286. The number of fused-ring (bicyclic) bond motifs is 1. The van der Waals surface area contributed by atoms with E-state index in [1.54, 1.807) is 31.2 Å². The molecule has 0 radical (unpaired) electrons. The number of halogens is 2. The lowest BCUT2D eigenvalue weighted by atomic mass is 10.0. The van der Waals surface area contributed by atoms with Crippen LogP contribution in [0.2, 0.25) is 0 Å². The van der Waals surface area contributed by atoms with E-state index in [9.17, 15) is 18.4 Å². The highest BCUT2D eigenvalue weighted by Gasteiger charge is 2.16. The number of benzene rings is 2. The maximum Gasteiger partial charge on any atom is 0.387 e. The van der Waals surface area contributed by atoms with Crippen molar-refractivity contribution in [2.75, 3.05) is 7.11 Å². The van der Waals surface area contributed by atoms with Gasteiger partial charge in [0.25, 0.3) is 0 Å². The summed E-state index contributed by atoms with van der Waals surface area (Å²) in [4.78, 5) is 24.8. The van der Waals surface area contributed by atoms with Crippen LogP contribution in [0.1, 0.15) is 36.1 Å². The molecule has 1 atom stereocenters. The number of aryl methyl sites for hydroxylation is 1. The molecule has 1 aromatic heterocycles. The van der Waals surface area contributed by atoms with Crippen LogP contribution in [0.5, 0.6) is 11.5 Å². The highest BCUT2D eigenvalue weighted by Crippen LogP contribution is 2.25. The van der Waals surface area contributed by atoms with Crippen molar-refractivity contribution in [2.24, 2.45) is 0 Å². The second kappa shape index (κ2) is 9.59. The van der Waals surface area contributed by atoms with Crippen LogP contribution >= 0.6 is 0 Å². The summed E-state index contributed by atoms with van der Waals surface area (Å²) in [5.74, 6) is 0.329. The number of alkyl halides is 2. The summed E-state index contributed by atoms with van der Waals surface area (Å²) in [6.45, 7) is 0.636. The van der Waals surface area contributed by atoms with E-state index in [0.29, 0.717) is 22.5 Å². The van der Waals surface area contributed by atoms with Crippen molar-refractivity contribution in [1.29, 1.82) is 0 Å². The molecule has 6 nitrogen and oxygen atoms in total. The van der Waals surface area contributed by atoms with Gasteiger partial charge in [-0.15, -0.1) is 0 Å². The summed E-state index contributed by atoms with van der Waals surface area (Å²) in [5.41, 5.74) is 1.76. The van der Waals surface area contributed by atoms with Crippen LogP contribution in [0.25, 0.3) is 11.0 Å². The van der Waals surface area contributed by atoms with E-state index in [0.717, 1.165) is 10.9 Å². The smallest absolute Gasteiger partial charge is 0.387 e. The summed E-state index contributed by atoms with van der Waals surface area (Å²) in [5, 5.41) is 3.58. The van der Waals surface area contributed by atoms with Gasteiger partial charge in [-0.3, -0.25) is 4.79 Å². The standard InChI is InChI=1S/C23H23F2NO5/c1-13-18-8-7-16(29-3)12-20(18)31-22(28)19(13)9-10-21(27)26-14(2)15-5-4-6-17(11-15)30-23(24)25/h4-8,11-12,14,23H,9-10H2,1-3H3,(H,26,27). The van der Waals surface area contributed by atoms with Gasteiger partial charge in [0.05, 0.1) is 13.2 Å². The van der Waals surface area contributed by atoms with Gasteiger partial charge in [-0.2, -0.15) is 8.78 Å².